The molecule has 0 fully saturated rings. The van der Waals surface area contributed by atoms with Crippen LogP contribution in [0.1, 0.15) is 23.5 Å². The van der Waals surface area contributed by atoms with Gasteiger partial charge < -0.3 is 24.8 Å². The zero-order chi connectivity index (χ0) is 12.8. The average molecular weight is 470 g/mol. The number of halogens is 3. The molecule has 2 aromatic rings. The van der Waals surface area contributed by atoms with Crippen molar-refractivity contribution in [3.05, 3.63) is 81.9 Å². The normalized spacial score (nSPS) is 16.6. The maximum Gasteiger partial charge on any atom is 3.00 e. The van der Waals surface area contributed by atoms with Crippen molar-refractivity contribution in [3.8, 4) is 11.1 Å². The van der Waals surface area contributed by atoms with Gasteiger partial charge in [0, 0.05) is 10.4 Å². The molecule has 0 saturated heterocycles. The van der Waals surface area contributed by atoms with E-state index in [4.69, 9.17) is 0 Å². The minimum Gasteiger partial charge on any atom is -1.00 e. The van der Waals surface area contributed by atoms with Gasteiger partial charge in [0.1, 0.15) is 0 Å². The van der Waals surface area contributed by atoms with Gasteiger partial charge in [-0.05, 0) is 34.4 Å². The quantitative estimate of drug-likeness (QED) is 0.482. The molecule has 0 aliphatic heterocycles. The van der Waals surface area contributed by atoms with Crippen molar-refractivity contribution in [2.45, 2.75) is 12.3 Å². The second-order valence-electron chi connectivity index (χ2n) is 4.99. The van der Waals surface area contributed by atoms with Crippen LogP contribution in [0.2, 0.25) is 0 Å². The SMILES string of the molecule is Brc1ccc2c(c1)C(C1=[C-]CC=C1)c1ccccc1-2.[Cl-].[Cl-].[Zr+3]. The topological polar surface area (TPSA) is 0 Å². The Kier molecular flexibility index (Phi) is 7.34. The molecule has 1 radical (unpaired) electrons. The molecule has 2 aromatic carbocycles. The Labute approximate surface area is 171 Å². The summed E-state index contributed by atoms with van der Waals surface area (Å²) < 4.78 is 1.15. The van der Waals surface area contributed by atoms with Crippen LogP contribution in [0.4, 0.5) is 0 Å². The summed E-state index contributed by atoms with van der Waals surface area (Å²) in [4.78, 5) is 0. The first kappa shape index (κ1) is 19.9. The molecular formula is C18H12BrCl2Zr. The van der Waals surface area contributed by atoms with Crippen LogP contribution >= 0.6 is 15.9 Å². The number of fused-ring (bicyclic) bond motifs is 3. The molecule has 4 rings (SSSR count). The largest absolute Gasteiger partial charge is 3.00 e. The summed E-state index contributed by atoms with van der Waals surface area (Å²) in [5.41, 5.74) is 6.83. The van der Waals surface area contributed by atoms with Gasteiger partial charge in [-0.25, -0.2) is 11.6 Å². The third-order valence-corrected chi connectivity index (χ3v) is 4.41. The van der Waals surface area contributed by atoms with Crippen LogP contribution < -0.4 is 24.8 Å². The predicted molar refractivity (Wildman–Crippen MR) is 81.9 cm³/mol. The fourth-order valence-corrected chi connectivity index (χ4v) is 3.51. The number of benzene rings is 2. The molecule has 0 bridgehead atoms. The van der Waals surface area contributed by atoms with Gasteiger partial charge in [-0.2, -0.15) is 6.08 Å². The van der Waals surface area contributed by atoms with Crippen molar-refractivity contribution in [2.75, 3.05) is 0 Å². The Bertz CT molecular complexity index is 738. The Hall–Kier alpha value is -0.137. The zero-order valence-electron chi connectivity index (χ0n) is 11.6. The molecule has 0 spiro atoms. The first-order valence-electron chi connectivity index (χ1n) is 6.50. The zero-order valence-corrected chi connectivity index (χ0v) is 17.2. The van der Waals surface area contributed by atoms with Gasteiger partial charge in [0.25, 0.3) is 0 Å². The second-order valence-corrected chi connectivity index (χ2v) is 5.91. The summed E-state index contributed by atoms with van der Waals surface area (Å²) in [5.74, 6) is 0.349. The van der Waals surface area contributed by atoms with Gasteiger partial charge in [0.05, 0.1) is 0 Å². The molecule has 4 heteroatoms. The van der Waals surface area contributed by atoms with Gasteiger partial charge in [-0.3, -0.25) is 6.08 Å². The molecule has 0 nitrogen and oxygen atoms in total. The van der Waals surface area contributed by atoms with Gasteiger partial charge in [0.2, 0.25) is 0 Å². The predicted octanol–water partition coefficient (Wildman–Crippen LogP) is -0.744. The molecule has 2 aliphatic carbocycles. The molecule has 2 aliphatic rings. The van der Waals surface area contributed by atoms with E-state index in [1.807, 2.05) is 0 Å². The minimum absolute atomic E-state index is 0. The van der Waals surface area contributed by atoms with Crippen LogP contribution in [0.25, 0.3) is 11.1 Å². The summed E-state index contributed by atoms with van der Waals surface area (Å²) in [7, 11) is 0. The summed E-state index contributed by atoms with van der Waals surface area (Å²) in [6, 6.07) is 15.3. The van der Waals surface area contributed by atoms with E-state index >= 15 is 0 Å². The van der Waals surface area contributed by atoms with Crippen molar-refractivity contribution < 1.29 is 51.0 Å². The maximum atomic E-state index is 3.60. The van der Waals surface area contributed by atoms with Gasteiger partial charge in [-0.1, -0.05) is 46.3 Å². The molecule has 0 heterocycles. The van der Waals surface area contributed by atoms with E-state index in [0.29, 0.717) is 5.92 Å². The van der Waals surface area contributed by atoms with Gasteiger partial charge in [-0.15, -0.1) is 6.42 Å². The third-order valence-electron chi connectivity index (χ3n) is 3.92. The van der Waals surface area contributed by atoms with Gasteiger partial charge >= 0.3 is 26.2 Å². The van der Waals surface area contributed by atoms with Crippen LogP contribution in [-0.4, -0.2) is 0 Å². The third kappa shape index (κ3) is 3.22. The van der Waals surface area contributed by atoms with E-state index in [2.05, 4.69) is 76.6 Å². The molecule has 0 saturated carbocycles. The van der Waals surface area contributed by atoms with E-state index < -0.39 is 0 Å². The molecule has 0 aromatic heterocycles. The Morgan fingerprint density at radius 1 is 0.955 bits per heavy atom. The Morgan fingerprint density at radius 2 is 1.68 bits per heavy atom. The summed E-state index contributed by atoms with van der Waals surface area (Å²) in [6.45, 7) is 0. The van der Waals surface area contributed by atoms with Crippen molar-refractivity contribution >= 4 is 15.9 Å². The molecular weight excluding hydrogens is 458 g/mol. The van der Waals surface area contributed by atoms with Crippen LogP contribution in [0, 0.1) is 6.08 Å². The molecule has 0 amide bonds. The van der Waals surface area contributed by atoms with E-state index in [1.54, 1.807) is 0 Å². The Morgan fingerprint density at radius 3 is 2.41 bits per heavy atom. The average Bonchev–Trinajstić information content (AvgIpc) is 3.03. The number of hydrogen-bond acceptors (Lipinski definition) is 0. The van der Waals surface area contributed by atoms with Gasteiger partial charge in [0.15, 0.2) is 0 Å². The van der Waals surface area contributed by atoms with Crippen LogP contribution in [0.5, 0.6) is 0 Å². The summed E-state index contributed by atoms with van der Waals surface area (Å²) in [6.07, 6.45) is 8.84. The molecule has 1 atom stereocenters. The van der Waals surface area contributed by atoms with E-state index in [9.17, 15) is 0 Å². The van der Waals surface area contributed by atoms with Crippen LogP contribution in [0.3, 0.4) is 0 Å². The smallest absolute Gasteiger partial charge is 1.00 e. The van der Waals surface area contributed by atoms with E-state index in [-0.39, 0.29) is 51.0 Å². The van der Waals surface area contributed by atoms with E-state index in [1.165, 1.54) is 27.8 Å². The van der Waals surface area contributed by atoms with Crippen LogP contribution in [0.15, 0.2) is 64.7 Å². The fourth-order valence-electron chi connectivity index (χ4n) is 3.13. The van der Waals surface area contributed by atoms with Crippen molar-refractivity contribution in [1.29, 1.82) is 0 Å². The fraction of sp³-hybridized carbons (Fsp3) is 0.111. The van der Waals surface area contributed by atoms with Crippen molar-refractivity contribution in [1.82, 2.24) is 0 Å². The van der Waals surface area contributed by atoms with E-state index in [0.717, 1.165) is 10.9 Å². The standard InChI is InChI=1S/C18H12Br.2ClH.Zr/c19-13-9-10-15-14-7-3-4-8-16(14)18(17(15)11-13)12-5-1-2-6-12;;;/h1,3-5,7-11,18H,2H2;2*1H;/q-1;;;+3/p-2. The molecule has 0 N–H and O–H groups in total. The molecule has 22 heavy (non-hydrogen) atoms. The summed E-state index contributed by atoms with van der Waals surface area (Å²) in [5, 5.41) is 0. The van der Waals surface area contributed by atoms with Crippen LogP contribution in [-0.2, 0) is 26.2 Å². The minimum atomic E-state index is 0. The second kappa shape index (κ2) is 8.11. The maximum absolute atomic E-state index is 3.60. The number of allylic oxidation sites excluding steroid dienone is 4. The molecule has 1 unspecified atom stereocenters. The van der Waals surface area contributed by atoms with Crippen molar-refractivity contribution in [2.24, 2.45) is 0 Å². The first-order chi connectivity index (χ1) is 9.34. The molecule has 109 valence electrons. The first-order valence-corrected chi connectivity index (χ1v) is 7.30. The Balaban J connectivity index is 0.000000807. The summed E-state index contributed by atoms with van der Waals surface area (Å²) >= 11 is 3.60. The number of hydrogen-bond donors (Lipinski definition) is 0. The van der Waals surface area contributed by atoms with Crippen molar-refractivity contribution in [3.63, 3.8) is 0 Å². The number of rotatable bonds is 1. The monoisotopic (exact) mass is 467 g/mol.